The van der Waals surface area contributed by atoms with Gasteiger partial charge in [-0.25, -0.2) is 0 Å². The molecule has 1 aliphatic heterocycles. The monoisotopic (exact) mass is 457 g/mol. The van der Waals surface area contributed by atoms with Crippen molar-refractivity contribution in [3.8, 4) is 11.1 Å². The van der Waals surface area contributed by atoms with Crippen LogP contribution in [0, 0.1) is 5.92 Å². The van der Waals surface area contributed by atoms with Crippen molar-refractivity contribution >= 4 is 17.8 Å². The highest BCUT2D eigenvalue weighted by Crippen LogP contribution is 2.31. The maximum absolute atomic E-state index is 13.4. The standard InChI is InChI=1S/C32H27NO2/c34-31(28-14-8-3-9-15-28)30-23-29(33(32(30)35)21-20-24-10-4-1-5-11-24)22-25-16-18-27(19-17-25)26-12-6-2-7-13-26/h1-21,29-30H,22-23H2/t29-,30?/m1/s1. The van der Waals surface area contributed by atoms with Crippen LogP contribution >= 0.6 is 0 Å². The fraction of sp³-hybridized carbons (Fsp3) is 0.125. The van der Waals surface area contributed by atoms with Gasteiger partial charge < -0.3 is 4.90 Å². The second-order valence-corrected chi connectivity index (χ2v) is 8.91. The summed E-state index contributed by atoms with van der Waals surface area (Å²) in [7, 11) is 0. The molecule has 0 N–H and O–H groups in total. The number of ketones is 1. The number of Topliss-reactive ketones (excluding diaryl/α,β-unsaturated/α-hetero) is 1. The highest BCUT2D eigenvalue weighted by molar-refractivity contribution is 6.11. The summed E-state index contributed by atoms with van der Waals surface area (Å²) in [5, 5.41) is 0. The summed E-state index contributed by atoms with van der Waals surface area (Å²) in [6.07, 6.45) is 4.99. The fourth-order valence-corrected chi connectivity index (χ4v) is 4.71. The van der Waals surface area contributed by atoms with Crippen molar-refractivity contribution in [1.82, 2.24) is 4.90 Å². The third-order valence-corrected chi connectivity index (χ3v) is 6.59. The molecule has 1 fully saturated rings. The van der Waals surface area contributed by atoms with Gasteiger partial charge in [0.05, 0.1) is 0 Å². The van der Waals surface area contributed by atoms with E-state index in [4.69, 9.17) is 0 Å². The summed E-state index contributed by atoms with van der Waals surface area (Å²) in [6.45, 7) is 0. The van der Waals surface area contributed by atoms with Gasteiger partial charge in [-0.1, -0.05) is 115 Å². The topological polar surface area (TPSA) is 37.4 Å². The van der Waals surface area contributed by atoms with Gasteiger partial charge in [-0.05, 0) is 41.2 Å². The normalized spacial score (nSPS) is 17.7. The van der Waals surface area contributed by atoms with Crippen LogP contribution in [0.3, 0.4) is 0 Å². The van der Waals surface area contributed by atoms with E-state index in [-0.39, 0.29) is 17.7 Å². The first-order chi connectivity index (χ1) is 17.2. The molecule has 0 radical (unpaired) electrons. The van der Waals surface area contributed by atoms with Crippen LogP contribution in [0.15, 0.2) is 121 Å². The Morgan fingerprint density at radius 2 is 1.31 bits per heavy atom. The molecule has 172 valence electrons. The van der Waals surface area contributed by atoms with Crippen LogP contribution in [-0.4, -0.2) is 22.6 Å². The molecule has 1 heterocycles. The lowest BCUT2D eigenvalue weighted by Crippen LogP contribution is -2.31. The maximum atomic E-state index is 13.4. The Hall–Kier alpha value is -4.24. The summed E-state index contributed by atoms with van der Waals surface area (Å²) in [4.78, 5) is 28.4. The molecular formula is C32H27NO2. The lowest BCUT2D eigenvalue weighted by Gasteiger charge is -2.21. The summed E-state index contributed by atoms with van der Waals surface area (Å²) in [5.41, 5.74) is 5.09. The van der Waals surface area contributed by atoms with E-state index in [9.17, 15) is 9.59 Å². The molecule has 0 aliphatic carbocycles. The molecule has 4 aromatic carbocycles. The first-order valence-corrected chi connectivity index (χ1v) is 12.0. The van der Waals surface area contributed by atoms with Crippen LogP contribution in [0.25, 0.3) is 17.2 Å². The number of amides is 1. The number of rotatable bonds is 7. The number of hydrogen-bond acceptors (Lipinski definition) is 2. The summed E-state index contributed by atoms with van der Waals surface area (Å²) < 4.78 is 0. The van der Waals surface area contributed by atoms with E-state index >= 15 is 0 Å². The van der Waals surface area contributed by atoms with E-state index in [2.05, 4.69) is 36.4 Å². The van der Waals surface area contributed by atoms with Gasteiger partial charge in [0.15, 0.2) is 5.78 Å². The Bertz CT molecular complexity index is 1310. The van der Waals surface area contributed by atoms with Crippen LogP contribution in [-0.2, 0) is 11.2 Å². The molecule has 0 aromatic heterocycles. The molecule has 1 amide bonds. The zero-order valence-corrected chi connectivity index (χ0v) is 19.5. The van der Waals surface area contributed by atoms with Gasteiger partial charge >= 0.3 is 0 Å². The molecule has 35 heavy (non-hydrogen) atoms. The first-order valence-electron chi connectivity index (χ1n) is 12.0. The molecule has 0 saturated carbocycles. The number of nitrogens with zero attached hydrogens (tertiary/aromatic N) is 1. The highest BCUT2D eigenvalue weighted by Gasteiger charge is 2.42. The van der Waals surface area contributed by atoms with Crippen molar-refractivity contribution in [2.45, 2.75) is 18.9 Å². The Morgan fingerprint density at radius 3 is 1.97 bits per heavy atom. The van der Waals surface area contributed by atoms with E-state index < -0.39 is 5.92 Å². The molecule has 4 aromatic rings. The molecule has 1 aliphatic rings. The molecular weight excluding hydrogens is 430 g/mol. The van der Waals surface area contributed by atoms with Crippen molar-refractivity contribution in [3.05, 3.63) is 138 Å². The molecule has 1 unspecified atom stereocenters. The zero-order valence-electron chi connectivity index (χ0n) is 19.5. The van der Waals surface area contributed by atoms with Gasteiger partial charge in [0, 0.05) is 17.8 Å². The number of benzene rings is 4. The van der Waals surface area contributed by atoms with Crippen molar-refractivity contribution in [2.75, 3.05) is 0 Å². The maximum Gasteiger partial charge on any atom is 0.237 e. The number of carbonyl (C=O) groups excluding carboxylic acids is 2. The quantitative estimate of drug-likeness (QED) is 0.230. The molecule has 5 rings (SSSR count). The minimum atomic E-state index is -0.661. The molecule has 0 bridgehead atoms. The van der Waals surface area contributed by atoms with E-state index in [0.717, 1.165) is 16.7 Å². The third-order valence-electron chi connectivity index (χ3n) is 6.59. The predicted octanol–water partition coefficient (Wildman–Crippen LogP) is 6.67. The van der Waals surface area contributed by atoms with E-state index in [1.165, 1.54) is 5.56 Å². The molecule has 3 nitrogen and oxygen atoms in total. The Balaban J connectivity index is 1.39. The minimum Gasteiger partial charge on any atom is -0.315 e. The lowest BCUT2D eigenvalue weighted by molar-refractivity contribution is -0.128. The second kappa shape index (κ2) is 10.4. The smallest absolute Gasteiger partial charge is 0.237 e. The zero-order chi connectivity index (χ0) is 24.0. The number of likely N-dealkylation sites (tertiary alicyclic amines) is 1. The van der Waals surface area contributed by atoms with Crippen molar-refractivity contribution in [2.24, 2.45) is 5.92 Å². The van der Waals surface area contributed by atoms with Crippen LogP contribution in [0.1, 0.15) is 27.9 Å². The second-order valence-electron chi connectivity index (χ2n) is 8.91. The van der Waals surface area contributed by atoms with Crippen LogP contribution in [0.4, 0.5) is 0 Å². The van der Waals surface area contributed by atoms with Crippen molar-refractivity contribution < 1.29 is 9.59 Å². The summed E-state index contributed by atoms with van der Waals surface area (Å²) in [6, 6.07) is 37.7. The summed E-state index contributed by atoms with van der Waals surface area (Å²) >= 11 is 0. The summed E-state index contributed by atoms with van der Waals surface area (Å²) in [5.74, 6) is -0.890. The number of hydrogen-bond donors (Lipinski definition) is 0. The molecule has 1 saturated heterocycles. The van der Waals surface area contributed by atoms with Crippen LogP contribution < -0.4 is 0 Å². The van der Waals surface area contributed by atoms with Gasteiger partial charge in [0.2, 0.25) is 5.91 Å². The molecule has 3 heteroatoms. The van der Waals surface area contributed by atoms with Crippen molar-refractivity contribution in [1.29, 1.82) is 0 Å². The van der Waals surface area contributed by atoms with E-state index in [0.29, 0.717) is 18.4 Å². The largest absolute Gasteiger partial charge is 0.315 e. The predicted molar refractivity (Wildman–Crippen MR) is 141 cm³/mol. The van der Waals surface area contributed by atoms with E-state index in [1.54, 1.807) is 17.0 Å². The fourth-order valence-electron chi connectivity index (χ4n) is 4.71. The van der Waals surface area contributed by atoms with E-state index in [1.807, 2.05) is 79.0 Å². The minimum absolute atomic E-state index is 0.0808. The lowest BCUT2D eigenvalue weighted by atomic mass is 9.92. The number of carbonyl (C=O) groups is 2. The molecule has 0 spiro atoms. The average molecular weight is 458 g/mol. The average Bonchev–Trinajstić information content (AvgIpc) is 3.23. The van der Waals surface area contributed by atoms with Crippen LogP contribution in [0.5, 0.6) is 0 Å². The Morgan fingerprint density at radius 1 is 0.743 bits per heavy atom. The SMILES string of the molecule is O=C(c1ccccc1)C1C[C@@H](Cc2ccc(-c3ccccc3)cc2)N(C=Cc2ccccc2)C1=O. The van der Waals surface area contributed by atoms with Crippen LogP contribution in [0.2, 0.25) is 0 Å². The molecule has 2 atom stereocenters. The van der Waals surface area contributed by atoms with Gasteiger partial charge in [-0.2, -0.15) is 0 Å². The Kier molecular flexibility index (Phi) is 6.67. The highest BCUT2D eigenvalue weighted by atomic mass is 16.2. The van der Waals surface area contributed by atoms with Gasteiger partial charge in [0.1, 0.15) is 5.92 Å². The Labute approximate surface area is 206 Å². The van der Waals surface area contributed by atoms with Gasteiger partial charge in [-0.15, -0.1) is 0 Å². The van der Waals surface area contributed by atoms with Gasteiger partial charge in [0.25, 0.3) is 0 Å². The first kappa shape index (κ1) is 22.5. The third kappa shape index (κ3) is 5.15. The van der Waals surface area contributed by atoms with Gasteiger partial charge in [-0.3, -0.25) is 9.59 Å². The van der Waals surface area contributed by atoms with Crippen molar-refractivity contribution in [3.63, 3.8) is 0 Å².